The second-order valence-electron chi connectivity index (χ2n) is 15.2. The molecule has 4 heterocycles. The van der Waals surface area contributed by atoms with Crippen LogP contribution in [0.4, 0.5) is 34.1 Å². The normalized spacial score (nSPS) is 11.2. The number of pyridine rings is 2. The minimum absolute atomic E-state index is 1.00. The number of hydrogen-bond acceptors (Lipinski definition) is 4. The van der Waals surface area contributed by atoms with Crippen molar-refractivity contribution in [2.24, 2.45) is 0 Å². The molecular weight excluding hydrogens is 757 g/mol. The largest absolute Gasteiger partial charge is 0.311 e. The molecular formula is C56H40N6. The maximum Gasteiger partial charge on any atom is 0.0645 e. The Labute approximate surface area is 360 Å². The number of hydrogen-bond donors (Lipinski definition) is 0. The van der Waals surface area contributed by atoms with E-state index in [0.29, 0.717) is 0 Å². The van der Waals surface area contributed by atoms with Crippen LogP contribution in [0.25, 0.3) is 55.7 Å². The molecule has 0 unspecified atom stereocenters. The van der Waals surface area contributed by atoms with Gasteiger partial charge in [-0.2, -0.15) is 0 Å². The smallest absolute Gasteiger partial charge is 0.0645 e. The third-order valence-electron chi connectivity index (χ3n) is 11.4. The maximum atomic E-state index is 4.56. The highest BCUT2D eigenvalue weighted by atomic mass is 15.1. The summed E-state index contributed by atoms with van der Waals surface area (Å²) in [7, 11) is 0. The molecule has 294 valence electrons. The number of fused-ring (bicyclic) bond motifs is 2. The van der Waals surface area contributed by atoms with Gasteiger partial charge in [-0.05, 0) is 132 Å². The predicted molar refractivity (Wildman–Crippen MR) is 256 cm³/mol. The van der Waals surface area contributed by atoms with E-state index in [0.717, 1.165) is 89.8 Å². The second-order valence-corrected chi connectivity index (χ2v) is 15.2. The molecule has 6 heteroatoms. The van der Waals surface area contributed by atoms with Crippen molar-refractivity contribution in [1.82, 2.24) is 19.1 Å². The monoisotopic (exact) mass is 796 g/mol. The fourth-order valence-corrected chi connectivity index (χ4v) is 8.63. The summed E-state index contributed by atoms with van der Waals surface area (Å²) in [5, 5.41) is 2.25. The standard InChI is InChI=1S/C56H40N6/c1-5-15-45(16-6-1)59(46-17-7-2-8-18-46)49-29-25-41(26-30-49)53-35-43-37-56-44(38-55(43)61(53)51-23-13-33-57-39-51)36-54(62(56)52-24-14-34-58-40-52)42-27-31-50(32-28-42)60(47-19-9-3-10-20-47)48-21-11-4-12-22-48/h1-40H. The quantitative estimate of drug-likeness (QED) is 0.138. The molecule has 0 N–H and O–H groups in total. The van der Waals surface area contributed by atoms with E-state index in [9.17, 15) is 0 Å². The average Bonchev–Trinajstić information content (AvgIpc) is 3.91. The van der Waals surface area contributed by atoms with Gasteiger partial charge in [-0.15, -0.1) is 0 Å². The molecule has 0 bridgehead atoms. The molecule has 7 aromatic carbocycles. The van der Waals surface area contributed by atoms with Crippen molar-refractivity contribution in [3.05, 3.63) is 243 Å². The lowest BCUT2D eigenvalue weighted by Gasteiger charge is -2.25. The molecule has 0 aliphatic heterocycles. The minimum atomic E-state index is 1.00. The van der Waals surface area contributed by atoms with Crippen LogP contribution in [0.2, 0.25) is 0 Å². The van der Waals surface area contributed by atoms with Crippen LogP contribution in [0.5, 0.6) is 0 Å². The molecule has 11 aromatic rings. The number of para-hydroxylation sites is 4. The molecule has 0 amide bonds. The number of anilines is 6. The number of rotatable bonds is 10. The predicted octanol–water partition coefficient (Wildman–Crippen LogP) is 14.6. The zero-order chi connectivity index (χ0) is 41.2. The lowest BCUT2D eigenvalue weighted by atomic mass is 10.1. The van der Waals surface area contributed by atoms with Crippen LogP contribution in [-0.4, -0.2) is 19.1 Å². The topological polar surface area (TPSA) is 42.1 Å². The van der Waals surface area contributed by atoms with Gasteiger partial charge in [-0.1, -0.05) is 97.1 Å². The van der Waals surface area contributed by atoms with Crippen molar-refractivity contribution >= 4 is 55.9 Å². The highest BCUT2D eigenvalue weighted by molar-refractivity contribution is 6.02. The highest BCUT2D eigenvalue weighted by Gasteiger charge is 2.20. The van der Waals surface area contributed by atoms with Crippen LogP contribution in [0, 0.1) is 0 Å². The van der Waals surface area contributed by atoms with Gasteiger partial charge in [0.1, 0.15) is 0 Å². The first-order valence-electron chi connectivity index (χ1n) is 20.8. The Bertz CT molecular complexity index is 2940. The van der Waals surface area contributed by atoms with Crippen molar-refractivity contribution in [2.75, 3.05) is 9.80 Å². The Morgan fingerprint density at radius 2 is 0.629 bits per heavy atom. The molecule has 0 aliphatic carbocycles. The summed E-state index contributed by atoms with van der Waals surface area (Å²) in [5.74, 6) is 0. The summed E-state index contributed by atoms with van der Waals surface area (Å²) in [4.78, 5) is 13.7. The fourth-order valence-electron chi connectivity index (χ4n) is 8.63. The van der Waals surface area contributed by atoms with Crippen molar-refractivity contribution in [1.29, 1.82) is 0 Å². The van der Waals surface area contributed by atoms with E-state index in [1.165, 1.54) is 0 Å². The van der Waals surface area contributed by atoms with Gasteiger partial charge < -0.3 is 18.9 Å². The summed E-state index contributed by atoms with van der Waals surface area (Å²) in [5.41, 5.74) is 15.2. The molecule has 0 saturated heterocycles. The molecule has 11 rings (SSSR count). The van der Waals surface area contributed by atoms with Gasteiger partial charge >= 0.3 is 0 Å². The Morgan fingerprint density at radius 1 is 0.306 bits per heavy atom. The van der Waals surface area contributed by atoms with E-state index in [2.05, 4.69) is 235 Å². The van der Waals surface area contributed by atoms with Gasteiger partial charge in [-0.25, -0.2) is 0 Å². The SMILES string of the molecule is c1ccc(N(c2ccccc2)c2ccc(-c3cc4cc5c(cc(-c6ccc(N(c7ccccc7)c7ccccc7)cc6)n5-c5cccnc5)cc4n3-c3cccnc3)cc2)cc1. The summed E-state index contributed by atoms with van der Waals surface area (Å²) in [6.07, 6.45) is 7.54. The Balaban J connectivity index is 1.04. The Hall–Kier alpha value is -8.48. The van der Waals surface area contributed by atoms with Crippen LogP contribution in [0.1, 0.15) is 0 Å². The van der Waals surface area contributed by atoms with Gasteiger partial charge in [0.2, 0.25) is 0 Å². The molecule has 0 fully saturated rings. The van der Waals surface area contributed by atoms with Gasteiger partial charge in [0.05, 0.1) is 46.2 Å². The Kier molecular flexibility index (Phi) is 9.41. The van der Waals surface area contributed by atoms with E-state index in [1.54, 1.807) is 0 Å². The van der Waals surface area contributed by atoms with Crippen LogP contribution >= 0.6 is 0 Å². The first-order valence-corrected chi connectivity index (χ1v) is 20.8. The minimum Gasteiger partial charge on any atom is -0.311 e. The van der Waals surface area contributed by atoms with Crippen molar-refractivity contribution in [3.63, 3.8) is 0 Å². The summed E-state index contributed by atoms with van der Waals surface area (Å²) in [6, 6.07) is 77.3. The molecule has 4 aromatic heterocycles. The average molecular weight is 797 g/mol. The van der Waals surface area contributed by atoms with Crippen LogP contribution in [0.3, 0.4) is 0 Å². The zero-order valence-corrected chi connectivity index (χ0v) is 33.8. The zero-order valence-electron chi connectivity index (χ0n) is 33.8. The molecule has 0 saturated carbocycles. The van der Waals surface area contributed by atoms with Crippen molar-refractivity contribution < 1.29 is 0 Å². The lowest BCUT2D eigenvalue weighted by molar-refractivity contribution is 1.10. The molecule has 6 nitrogen and oxygen atoms in total. The second kappa shape index (κ2) is 15.9. The van der Waals surface area contributed by atoms with E-state index in [-0.39, 0.29) is 0 Å². The van der Waals surface area contributed by atoms with E-state index in [1.807, 2.05) is 36.9 Å². The number of benzene rings is 7. The molecule has 62 heavy (non-hydrogen) atoms. The van der Waals surface area contributed by atoms with Crippen molar-refractivity contribution in [2.45, 2.75) is 0 Å². The third kappa shape index (κ3) is 6.76. The summed E-state index contributed by atoms with van der Waals surface area (Å²) in [6.45, 7) is 0. The first kappa shape index (κ1) is 36.6. The molecule has 0 atom stereocenters. The van der Waals surface area contributed by atoms with Crippen LogP contribution in [0.15, 0.2) is 243 Å². The van der Waals surface area contributed by atoms with Crippen molar-refractivity contribution in [3.8, 4) is 33.9 Å². The highest BCUT2D eigenvalue weighted by Crippen LogP contribution is 2.41. The molecule has 0 aliphatic rings. The van der Waals surface area contributed by atoms with E-state index < -0.39 is 0 Å². The lowest BCUT2D eigenvalue weighted by Crippen LogP contribution is -2.09. The maximum absolute atomic E-state index is 4.56. The molecule has 0 radical (unpaired) electrons. The molecule has 0 spiro atoms. The summed E-state index contributed by atoms with van der Waals surface area (Å²) < 4.78 is 4.67. The first-order chi connectivity index (χ1) is 30.8. The number of aromatic nitrogens is 4. The van der Waals surface area contributed by atoms with E-state index in [4.69, 9.17) is 0 Å². The van der Waals surface area contributed by atoms with Gasteiger partial charge in [0.25, 0.3) is 0 Å². The van der Waals surface area contributed by atoms with Crippen LogP contribution < -0.4 is 9.80 Å². The van der Waals surface area contributed by atoms with Gasteiger partial charge in [0.15, 0.2) is 0 Å². The Morgan fingerprint density at radius 3 is 0.935 bits per heavy atom. The summed E-state index contributed by atoms with van der Waals surface area (Å²) >= 11 is 0. The third-order valence-corrected chi connectivity index (χ3v) is 11.4. The fraction of sp³-hybridized carbons (Fsp3) is 0. The van der Waals surface area contributed by atoms with Crippen LogP contribution in [-0.2, 0) is 0 Å². The van der Waals surface area contributed by atoms with Gasteiger partial charge in [-0.3, -0.25) is 9.97 Å². The van der Waals surface area contributed by atoms with E-state index >= 15 is 0 Å². The van der Waals surface area contributed by atoms with Gasteiger partial charge in [0, 0.05) is 57.3 Å². The number of nitrogens with zero attached hydrogens (tertiary/aromatic N) is 6.